The predicted molar refractivity (Wildman–Crippen MR) is 137 cm³/mol. The Kier molecular flexibility index (Phi) is 9.21. The van der Waals surface area contributed by atoms with Gasteiger partial charge in [0.2, 0.25) is 0 Å². The van der Waals surface area contributed by atoms with E-state index in [0.717, 1.165) is 18.3 Å². The number of carboxylic acids is 1. The van der Waals surface area contributed by atoms with Crippen molar-refractivity contribution in [3.63, 3.8) is 0 Å². The molecule has 7 unspecified atom stereocenters. The van der Waals surface area contributed by atoms with Crippen LogP contribution >= 0.6 is 0 Å². The van der Waals surface area contributed by atoms with Gasteiger partial charge in [0.1, 0.15) is 0 Å². The molecule has 5 nitrogen and oxygen atoms in total. The van der Waals surface area contributed by atoms with Crippen molar-refractivity contribution < 1.29 is 9.90 Å². The number of rotatable bonds is 4. The van der Waals surface area contributed by atoms with Crippen LogP contribution in [0.4, 0.5) is 0 Å². The molecule has 0 aliphatic heterocycles. The van der Waals surface area contributed by atoms with Gasteiger partial charge in [-0.3, -0.25) is 4.79 Å². The van der Waals surface area contributed by atoms with Crippen molar-refractivity contribution in [2.45, 2.75) is 124 Å². The lowest BCUT2D eigenvalue weighted by atomic mass is 9.37. The van der Waals surface area contributed by atoms with Gasteiger partial charge < -0.3 is 10.8 Å². The fraction of sp³-hybridized carbons (Fsp3) is 0.964. The molecule has 0 amide bonds. The van der Waals surface area contributed by atoms with Gasteiger partial charge in [-0.25, -0.2) is 0 Å². The van der Waals surface area contributed by atoms with Crippen LogP contribution in [0, 0.1) is 44.8 Å². The molecule has 0 aromatic heterocycles. The first-order chi connectivity index (χ1) is 15.5. The van der Waals surface area contributed by atoms with Gasteiger partial charge in [0.15, 0.2) is 0 Å². The standard InChI is InChI=1S/C25H43NO2.C2H6.CH3NO/c1-17(7-10-21(27)28)18-8-9-19-22(18,2)14-11-20-23(19,3)15-16-25(26)13-6-5-12-24(20,25)4;1-2;1-2-3/h17-20H,5-16,26H2,1-4H3,(H,27,28);1-2H3;1H3/t17-,18?,19?,20?,22?,23?,24?,25?;;/m1../s1. The third-order valence-corrected chi connectivity index (χ3v) is 11.1. The Bertz CT molecular complexity index is 684. The number of hydrogen-bond acceptors (Lipinski definition) is 4. The zero-order valence-corrected chi connectivity index (χ0v) is 22.6. The van der Waals surface area contributed by atoms with E-state index in [0.29, 0.717) is 34.5 Å². The van der Waals surface area contributed by atoms with Crippen LogP contribution in [-0.4, -0.2) is 23.7 Å². The highest BCUT2D eigenvalue weighted by molar-refractivity contribution is 5.66. The molecule has 0 saturated heterocycles. The van der Waals surface area contributed by atoms with Crippen LogP contribution in [0.2, 0.25) is 0 Å². The van der Waals surface area contributed by atoms with E-state index >= 15 is 0 Å². The molecule has 4 fully saturated rings. The molecule has 0 bridgehead atoms. The smallest absolute Gasteiger partial charge is 0.303 e. The molecule has 0 aromatic rings. The number of carboxylic acid groups (broad SMARTS) is 1. The molecular weight excluding hydrogens is 412 g/mol. The van der Waals surface area contributed by atoms with E-state index in [4.69, 9.17) is 15.7 Å². The largest absolute Gasteiger partial charge is 0.481 e. The quantitative estimate of drug-likeness (QED) is 0.423. The van der Waals surface area contributed by atoms with Crippen LogP contribution in [0.25, 0.3) is 0 Å². The monoisotopic (exact) mass is 464 g/mol. The van der Waals surface area contributed by atoms with Gasteiger partial charge in [0, 0.05) is 12.0 Å². The van der Waals surface area contributed by atoms with Crippen molar-refractivity contribution in [1.29, 1.82) is 0 Å². The molecule has 0 spiro atoms. The minimum absolute atomic E-state index is 0.0654. The second-order valence-corrected chi connectivity index (χ2v) is 12.2. The molecule has 4 saturated carbocycles. The Hall–Kier alpha value is -0.970. The van der Waals surface area contributed by atoms with Crippen molar-refractivity contribution in [3.8, 4) is 0 Å². The van der Waals surface area contributed by atoms with Crippen molar-refractivity contribution in [3.05, 3.63) is 4.91 Å². The lowest BCUT2D eigenvalue weighted by Crippen LogP contribution is -2.68. The molecule has 5 heteroatoms. The van der Waals surface area contributed by atoms with Gasteiger partial charge >= 0.3 is 5.97 Å². The zero-order valence-electron chi connectivity index (χ0n) is 22.6. The first-order valence-electron chi connectivity index (χ1n) is 13.7. The second-order valence-electron chi connectivity index (χ2n) is 12.2. The predicted octanol–water partition coefficient (Wildman–Crippen LogP) is 7.42. The van der Waals surface area contributed by atoms with Gasteiger partial charge in [-0.05, 0) is 97.7 Å². The average Bonchev–Trinajstić information content (AvgIpc) is 3.13. The van der Waals surface area contributed by atoms with Gasteiger partial charge in [-0.2, -0.15) is 4.91 Å². The van der Waals surface area contributed by atoms with Crippen LogP contribution in [-0.2, 0) is 4.79 Å². The maximum absolute atomic E-state index is 11.1. The normalized spacial score (nSPS) is 44.4. The van der Waals surface area contributed by atoms with Gasteiger partial charge in [0.05, 0.1) is 7.05 Å². The van der Waals surface area contributed by atoms with E-state index in [1.807, 2.05) is 13.8 Å². The number of nitrogens with two attached hydrogens (primary N) is 1. The number of fused-ring (bicyclic) bond motifs is 5. The summed E-state index contributed by atoms with van der Waals surface area (Å²) >= 11 is 0. The summed E-state index contributed by atoms with van der Waals surface area (Å²) in [5.74, 6) is 2.13. The van der Waals surface area contributed by atoms with E-state index in [-0.39, 0.29) is 5.54 Å². The summed E-state index contributed by atoms with van der Waals surface area (Å²) in [5.41, 5.74) is 8.31. The summed E-state index contributed by atoms with van der Waals surface area (Å²) in [5, 5.41) is 11.4. The minimum atomic E-state index is -0.640. The first-order valence-corrected chi connectivity index (χ1v) is 13.7. The second kappa shape index (κ2) is 10.7. The number of hydrogen-bond donors (Lipinski definition) is 2. The number of aliphatic carboxylic acids is 1. The summed E-state index contributed by atoms with van der Waals surface area (Å²) in [6.07, 6.45) is 14.2. The third-order valence-electron chi connectivity index (χ3n) is 11.1. The molecule has 192 valence electrons. The van der Waals surface area contributed by atoms with Crippen molar-refractivity contribution in [1.82, 2.24) is 0 Å². The summed E-state index contributed by atoms with van der Waals surface area (Å²) in [7, 11) is 1.19. The number of nitroso groups, excluding NO2 is 1. The van der Waals surface area contributed by atoms with Gasteiger partial charge in [-0.1, -0.05) is 59.6 Å². The van der Waals surface area contributed by atoms with Crippen LogP contribution in [0.5, 0.6) is 0 Å². The molecule has 8 atom stereocenters. The fourth-order valence-corrected chi connectivity index (χ4v) is 9.51. The summed E-state index contributed by atoms with van der Waals surface area (Å²) in [6, 6.07) is 0. The van der Waals surface area contributed by atoms with Crippen molar-refractivity contribution in [2.24, 2.45) is 50.8 Å². The third kappa shape index (κ3) is 4.77. The summed E-state index contributed by atoms with van der Waals surface area (Å²) in [4.78, 5) is 19.7. The zero-order chi connectivity index (χ0) is 25.1. The molecule has 4 rings (SSSR count). The highest BCUT2D eigenvalue weighted by Gasteiger charge is 2.67. The molecule has 0 radical (unpaired) electrons. The van der Waals surface area contributed by atoms with Crippen LogP contribution in [0.15, 0.2) is 5.18 Å². The van der Waals surface area contributed by atoms with E-state index in [2.05, 4.69) is 32.9 Å². The Labute approximate surface area is 203 Å². The molecular formula is C28H52N2O3. The number of carbonyl (C=O) groups is 1. The summed E-state index contributed by atoms with van der Waals surface area (Å²) < 4.78 is 0. The lowest BCUT2D eigenvalue weighted by molar-refractivity contribution is -0.175. The Morgan fingerprint density at radius 2 is 1.58 bits per heavy atom. The van der Waals surface area contributed by atoms with Crippen molar-refractivity contribution in [2.75, 3.05) is 7.05 Å². The van der Waals surface area contributed by atoms with Gasteiger partial charge in [0.25, 0.3) is 0 Å². The van der Waals surface area contributed by atoms with E-state index in [9.17, 15) is 4.79 Å². The van der Waals surface area contributed by atoms with Crippen LogP contribution in [0.1, 0.15) is 119 Å². The van der Waals surface area contributed by atoms with Crippen molar-refractivity contribution >= 4 is 5.97 Å². The maximum Gasteiger partial charge on any atom is 0.303 e. The molecule has 0 heterocycles. The molecule has 33 heavy (non-hydrogen) atoms. The Balaban J connectivity index is 0.000000714. The Morgan fingerprint density at radius 3 is 2.18 bits per heavy atom. The van der Waals surface area contributed by atoms with E-state index < -0.39 is 5.97 Å². The van der Waals surface area contributed by atoms with Crippen LogP contribution < -0.4 is 5.73 Å². The van der Waals surface area contributed by atoms with Gasteiger partial charge in [-0.15, -0.1) is 0 Å². The van der Waals surface area contributed by atoms with Crippen LogP contribution in [0.3, 0.4) is 0 Å². The lowest BCUT2D eigenvalue weighted by Gasteiger charge is -2.68. The highest BCUT2D eigenvalue weighted by atomic mass is 16.4. The molecule has 0 aromatic carbocycles. The Morgan fingerprint density at radius 1 is 0.970 bits per heavy atom. The molecule has 4 aliphatic rings. The molecule has 4 aliphatic carbocycles. The average molecular weight is 465 g/mol. The van der Waals surface area contributed by atoms with E-state index in [1.54, 1.807) is 0 Å². The SMILES string of the molecule is CC.CN=O.C[C@H](CCC(=O)O)C1CCC2C1(C)CCC1C2(C)CCC2(N)CCCCC12C. The minimum Gasteiger partial charge on any atom is -0.481 e. The highest BCUT2D eigenvalue weighted by Crippen LogP contribution is 2.73. The van der Waals surface area contributed by atoms with E-state index in [1.165, 1.54) is 71.3 Å². The first kappa shape index (κ1) is 28.3. The topological polar surface area (TPSA) is 92.8 Å². The number of nitrogens with zero attached hydrogens (tertiary/aromatic N) is 1. The molecule has 3 N–H and O–H groups in total. The maximum atomic E-state index is 11.1. The summed E-state index contributed by atoms with van der Waals surface area (Å²) in [6.45, 7) is 14.1. The fourth-order valence-electron chi connectivity index (χ4n) is 9.51.